The zero-order chi connectivity index (χ0) is 17.0. The number of ether oxygens (including phenoxy) is 1. The largest absolute Gasteiger partial charge is 0.496 e. The van der Waals surface area contributed by atoms with E-state index in [1.54, 1.807) is 7.11 Å². The Balaban J connectivity index is 0.00000288. The van der Waals surface area contributed by atoms with Crippen molar-refractivity contribution in [1.82, 2.24) is 0 Å². The number of hydrogen-bond acceptors (Lipinski definition) is 3. The van der Waals surface area contributed by atoms with Crippen LogP contribution < -0.4 is 15.8 Å². The van der Waals surface area contributed by atoms with Crippen LogP contribution in [0.15, 0.2) is 48.5 Å². The fourth-order valence-electron chi connectivity index (χ4n) is 2.26. The van der Waals surface area contributed by atoms with Crippen LogP contribution in [-0.4, -0.2) is 19.1 Å². The van der Waals surface area contributed by atoms with Gasteiger partial charge in [0, 0.05) is 11.3 Å². The normalized spacial score (nSPS) is 12.0. The number of nitrogens with two attached hydrogens (primary N) is 1. The summed E-state index contributed by atoms with van der Waals surface area (Å²) >= 11 is 0. The predicted octanol–water partition coefficient (Wildman–Crippen LogP) is 4.10. The molecule has 0 aromatic heterocycles. The number of halogens is 1. The van der Waals surface area contributed by atoms with Crippen LogP contribution in [0.25, 0.3) is 11.1 Å². The maximum absolute atomic E-state index is 12.3. The van der Waals surface area contributed by atoms with Gasteiger partial charge in [-0.05, 0) is 29.2 Å². The molecule has 5 heteroatoms. The van der Waals surface area contributed by atoms with Gasteiger partial charge in [-0.3, -0.25) is 4.79 Å². The predicted molar refractivity (Wildman–Crippen MR) is 102 cm³/mol. The van der Waals surface area contributed by atoms with Crippen LogP contribution in [0.5, 0.6) is 5.75 Å². The average molecular weight is 349 g/mol. The number of benzene rings is 2. The third-order valence-corrected chi connectivity index (χ3v) is 3.76. The second-order valence-corrected chi connectivity index (χ2v) is 6.61. The molecule has 24 heavy (non-hydrogen) atoms. The van der Waals surface area contributed by atoms with Crippen LogP contribution in [0.1, 0.15) is 20.8 Å². The van der Waals surface area contributed by atoms with Crippen LogP contribution >= 0.6 is 12.4 Å². The van der Waals surface area contributed by atoms with Gasteiger partial charge in [0.15, 0.2) is 0 Å². The highest BCUT2D eigenvalue weighted by atomic mass is 35.5. The van der Waals surface area contributed by atoms with Gasteiger partial charge in [0.2, 0.25) is 5.91 Å². The average Bonchev–Trinajstić information content (AvgIpc) is 2.53. The zero-order valence-electron chi connectivity index (χ0n) is 14.5. The van der Waals surface area contributed by atoms with Crippen molar-refractivity contribution >= 4 is 24.0 Å². The minimum atomic E-state index is -0.572. The summed E-state index contributed by atoms with van der Waals surface area (Å²) in [5, 5.41) is 2.89. The van der Waals surface area contributed by atoms with Crippen LogP contribution in [0.3, 0.4) is 0 Å². The SMILES string of the molecule is COc1ccccc1-c1cccc(NC(=O)[C@@H](N)C(C)(C)C)c1.Cl. The van der Waals surface area contributed by atoms with Crippen LogP contribution in [0.2, 0.25) is 0 Å². The smallest absolute Gasteiger partial charge is 0.241 e. The summed E-state index contributed by atoms with van der Waals surface area (Å²) in [6, 6.07) is 14.9. The molecule has 0 bridgehead atoms. The lowest BCUT2D eigenvalue weighted by atomic mass is 9.87. The van der Waals surface area contributed by atoms with Crippen molar-refractivity contribution in [2.75, 3.05) is 12.4 Å². The number of anilines is 1. The van der Waals surface area contributed by atoms with Gasteiger partial charge in [-0.15, -0.1) is 12.4 Å². The van der Waals surface area contributed by atoms with Crippen molar-refractivity contribution < 1.29 is 9.53 Å². The third kappa shape index (κ3) is 4.73. The molecule has 0 fully saturated rings. The van der Waals surface area contributed by atoms with Gasteiger partial charge in [-0.2, -0.15) is 0 Å². The number of hydrogen-bond donors (Lipinski definition) is 2. The van der Waals surface area contributed by atoms with Gasteiger partial charge in [0.25, 0.3) is 0 Å². The lowest BCUT2D eigenvalue weighted by molar-refractivity contribution is -0.119. The second kappa shape index (κ2) is 8.18. The molecule has 3 N–H and O–H groups in total. The number of nitrogens with one attached hydrogen (secondary N) is 1. The molecule has 1 atom stereocenters. The number of carbonyl (C=O) groups excluding carboxylic acids is 1. The third-order valence-electron chi connectivity index (χ3n) is 3.76. The Morgan fingerprint density at radius 1 is 1.12 bits per heavy atom. The van der Waals surface area contributed by atoms with E-state index < -0.39 is 6.04 Å². The van der Waals surface area contributed by atoms with Crippen molar-refractivity contribution in [3.8, 4) is 16.9 Å². The molecule has 0 saturated heterocycles. The first kappa shape index (κ1) is 20.0. The van der Waals surface area contributed by atoms with Gasteiger partial charge >= 0.3 is 0 Å². The highest BCUT2D eigenvalue weighted by Crippen LogP contribution is 2.31. The molecule has 0 heterocycles. The van der Waals surface area contributed by atoms with Gasteiger partial charge in [0.1, 0.15) is 5.75 Å². The molecular formula is C19H25ClN2O2. The Morgan fingerprint density at radius 2 is 1.79 bits per heavy atom. The Hall–Kier alpha value is -2.04. The summed E-state index contributed by atoms with van der Waals surface area (Å²) < 4.78 is 5.40. The first-order chi connectivity index (χ1) is 10.8. The summed E-state index contributed by atoms with van der Waals surface area (Å²) in [6.07, 6.45) is 0. The summed E-state index contributed by atoms with van der Waals surface area (Å²) in [4.78, 5) is 12.3. The van der Waals surface area contributed by atoms with E-state index in [0.29, 0.717) is 0 Å². The fraction of sp³-hybridized carbons (Fsp3) is 0.316. The number of rotatable bonds is 4. The Kier molecular flexibility index (Phi) is 6.81. The Labute approximate surface area is 149 Å². The summed E-state index contributed by atoms with van der Waals surface area (Å²) in [5.74, 6) is 0.608. The number of methoxy groups -OCH3 is 1. The molecular weight excluding hydrogens is 324 g/mol. The molecule has 0 aliphatic rings. The maximum atomic E-state index is 12.3. The first-order valence-electron chi connectivity index (χ1n) is 7.63. The van der Waals surface area contributed by atoms with E-state index >= 15 is 0 Å². The highest BCUT2D eigenvalue weighted by molar-refractivity contribution is 5.95. The number of para-hydroxylation sites is 1. The van der Waals surface area contributed by atoms with Gasteiger partial charge < -0.3 is 15.8 Å². The quantitative estimate of drug-likeness (QED) is 0.874. The molecule has 2 aromatic rings. The lowest BCUT2D eigenvalue weighted by Crippen LogP contribution is -2.45. The summed E-state index contributed by atoms with van der Waals surface area (Å²) in [6.45, 7) is 5.84. The van der Waals surface area contributed by atoms with E-state index in [0.717, 1.165) is 22.6 Å². The van der Waals surface area contributed by atoms with E-state index in [1.165, 1.54) is 0 Å². The van der Waals surface area contributed by atoms with Crippen LogP contribution in [0, 0.1) is 5.41 Å². The standard InChI is InChI=1S/C19H24N2O2.ClH/c1-19(2,3)17(20)18(22)21-14-9-7-8-13(12-14)15-10-5-6-11-16(15)23-4;/h5-12,17H,20H2,1-4H3,(H,21,22);1H/t17-;/m1./s1. The first-order valence-corrected chi connectivity index (χ1v) is 7.63. The Morgan fingerprint density at radius 3 is 2.42 bits per heavy atom. The highest BCUT2D eigenvalue weighted by Gasteiger charge is 2.27. The van der Waals surface area contributed by atoms with E-state index in [4.69, 9.17) is 10.5 Å². The van der Waals surface area contributed by atoms with Crippen molar-refractivity contribution in [3.05, 3.63) is 48.5 Å². The molecule has 0 saturated carbocycles. The monoisotopic (exact) mass is 348 g/mol. The molecule has 0 aliphatic carbocycles. The van der Waals surface area contributed by atoms with Crippen LogP contribution in [-0.2, 0) is 4.79 Å². The van der Waals surface area contributed by atoms with E-state index in [2.05, 4.69) is 5.32 Å². The molecule has 0 aliphatic heterocycles. The molecule has 0 unspecified atom stereocenters. The fourth-order valence-corrected chi connectivity index (χ4v) is 2.26. The van der Waals surface area contributed by atoms with Crippen molar-refractivity contribution in [2.45, 2.75) is 26.8 Å². The van der Waals surface area contributed by atoms with Gasteiger partial charge in [-0.25, -0.2) is 0 Å². The minimum absolute atomic E-state index is 0. The lowest BCUT2D eigenvalue weighted by Gasteiger charge is -2.25. The summed E-state index contributed by atoms with van der Waals surface area (Å²) in [7, 11) is 1.65. The number of carbonyl (C=O) groups is 1. The molecule has 2 rings (SSSR count). The van der Waals surface area contributed by atoms with Gasteiger partial charge in [0.05, 0.1) is 13.2 Å². The molecule has 2 aromatic carbocycles. The van der Waals surface area contributed by atoms with Crippen molar-refractivity contribution in [2.24, 2.45) is 11.1 Å². The van der Waals surface area contributed by atoms with E-state index in [9.17, 15) is 4.79 Å². The number of amides is 1. The topological polar surface area (TPSA) is 64.3 Å². The maximum Gasteiger partial charge on any atom is 0.241 e. The van der Waals surface area contributed by atoms with E-state index in [-0.39, 0.29) is 23.7 Å². The minimum Gasteiger partial charge on any atom is -0.496 e. The molecule has 4 nitrogen and oxygen atoms in total. The van der Waals surface area contributed by atoms with Crippen LogP contribution in [0.4, 0.5) is 5.69 Å². The summed E-state index contributed by atoms with van der Waals surface area (Å²) in [5.41, 5.74) is 8.39. The van der Waals surface area contributed by atoms with E-state index in [1.807, 2.05) is 69.3 Å². The molecule has 0 radical (unpaired) electrons. The van der Waals surface area contributed by atoms with Gasteiger partial charge in [-0.1, -0.05) is 51.1 Å². The zero-order valence-corrected chi connectivity index (χ0v) is 15.3. The molecule has 0 spiro atoms. The van der Waals surface area contributed by atoms with Crippen molar-refractivity contribution in [1.29, 1.82) is 0 Å². The molecule has 130 valence electrons. The second-order valence-electron chi connectivity index (χ2n) is 6.61. The Bertz CT molecular complexity index is 696. The molecule has 1 amide bonds. The van der Waals surface area contributed by atoms with Crippen molar-refractivity contribution in [3.63, 3.8) is 0 Å².